The summed E-state index contributed by atoms with van der Waals surface area (Å²) >= 11 is 0. The van der Waals surface area contributed by atoms with Gasteiger partial charge in [0.25, 0.3) is 0 Å². The number of hydrogen-bond acceptors (Lipinski definition) is 3. The van der Waals surface area contributed by atoms with Gasteiger partial charge in [-0.2, -0.15) is 0 Å². The van der Waals surface area contributed by atoms with Crippen LogP contribution in [0.2, 0.25) is 0 Å². The number of nitrogens with one attached hydrogen (secondary N) is 1. The van der Waals surface area contributed by atoms with Crippen molar-refractivity contribution in [2.75, 3.05) is 20.3 Å². The van der Waals surface area contributed by atoms with Gasteiger partial charge in [0.05, 0.1) is 7.11 Å². The van der Waals surface area contributed by atoms with Crippen molar-refractivity contribution < 1.29 is 9.47 Å². The molecule has 3 nitrogen and oxygen atoms in total. The largest absolute Gasteiger partial charge is 0.493 e. The van der Waals surface area contributed by atoms with Crippen molar-refractivity contribution in [3.05, 3.63) is 48.1 Å². The molecule has 1 aromatic carbocycles. The Kier molecular flexibility index (Phi) is 9.49. The molecular weight excluding hydrogens is 310 g/mol. The summed E-state index contributed by atoms with van der Waals surface area (Å²) in [6.45, 7) is 6.03. The van der Waals surface area contributed by atoms with Gasteiger partial charge in [-0.1, -0.05) is 30.4 Å². The molecule has 0 bridgehead atoms. The summed E-state index contributed by atoms with van der Waals surface area (Å²) in [4.78, 5) is 0. The van der Waals surface area contributed by atoms with Crippen molar-refractivity contribution in [3.8, 4) is 11.5 Å². The van der Waals surface area contributed by atoms with Crippen molar-refractivity contribution in [1.82, 2.24) is 5.32 Å². The fourth-order valence-corrected chi connectivity index (χ4v) is 2.70. The monoisotopic (exact) mass is 337 g/mol. The number of hydrogen-bond donors (Lipinski definition) is 1. The van der Waals surface area contributed by atoms with E-state index in [0.717, 1.165) is 31.0 Å². The number of methoxy groups -OCH3 is 1. The SMILES string of the molecule is C=CCOc1ccc(CNCCC2=CCCCC2)cc1OC.Cl. The van der Waals surface area contributed by atoms with E-state index in [1.54, 1.807) is 18.8 Å². The highest BCUT2D eigenvalue weighted by Gasteiger charge is 2.06. The molecule has 0 fully saturated rings. The molecule has 1 aliphatic carbocycles. The smallest absolute Gasteiger partial charge is 0.161 e. The third-order valence-electron chi connectivity index (χ3n) is 3.92. The highest BCUT2D eigenvalue weighted by Crippen LogP contribution is 2.28. The molecule has 2 rings (SSSR count). The summed E-state index contributed by atoms with van der Waals surface area (Å²) in [6, 6.07) is 6.07. The predicted octanol–water partition coefficient (Wildman–Crippen LogP) is 4.66. The molecular formula is C19H28ClNO2. The topological polar surface area (TPSA) is 30.5 Å². The first-order valence-electron chi connectivity index (χ1n) is 8.12. The molecule has 0 spiro atoms. The van der Waals surface area contributed by atoms with Crippen LogP contribution in [0.5, 0.6) is 11.5 Å². The molecule has 1 aromatic rings. The van der Waals surface area contributed by atoms with Gasteiger partial charge in [-0.25, -0.2) is 0 Å². The van der Waals surface area contributed by atoms with Gasteiger partial charge < -0.3 is 14.8 Å². The second-order valence-electron chi connectivity index (χ2n) is 5.62. The van der Waals surface area contributed by atoms with E-state index in [0.29, 0.717) is 6.61 Å². The van der Waals surface area contributed by atoms with Crippen LogP contribution in [0, 0.1) is 0 Å². The Morgan fingerprint density at radius 3 is 2.83 bits per heavy atom. The quantitative estimate of drug-likeness (QED) is 0.525. The summed E-state index contributed by atoms with van der Waals surface area (Å²) in [5.41, 5.74) is 2.82. The minimum atomic E-state index is 0. The van der Waals surface area contributed by atoms with Crippen LogP contribution in [-0.4, -0.2) is 20.3 Å². The van der Waals surface area contributed by atoms with Crippen molar-refractivity contribution in [1.29, 1.82) is 0 Å². The third kappa shape index (κ3) is 6.67. The molecule has 0 radical (unpaired) electrons. The Morgan fingerprint density at radius 2 is 2.13 bits per heavy atom. The molecule has 0 amide bonds. The molecule has 128 valence electrons. The molecule has 0 unspecified atom stereocenters. The van der Waals surface area contributed by atoms with Crippen LogP contribution in [0.15, 0.2) is 42.5 Å². The van der Waals surface area contributed by atoms with Crippen LogP contribution in [0.1, 0.15) is 37.7 Å². The van der Waals surface area contributed by atoms with E-state index >= 15 is 0 Å². The lowest BCUT2D eigenvalue weighted by Gasteiger charge is -2.14. The van der Waals surface area contributed by atoms with Crippen LogP contribution in [-0.2, 0) is 6.54 Å². The molecule has 0 heterocycles. The fraction of sp³-hybridized carbons (Fsp3) is 0.474. The maximum atomic E-state index is 5.57. The molecule has 0 atom stereocenters. The van der Waals surface area contributed by atoms with Gasteiger partial charge in [0.1, 0.15) is 6.61 Å². The number of halogens is 1. The first-order valence-corrected chi connectivity index (χ1v) is 8.12. The van der Waals surface area contributed by atoms with Gasteiger partial charge in [-0.05, 0) is 56.3 Å². The first-order chi connectivity index (χ1) is 10.8. The maximum Gasteiger partial charge on any atom is 0.161 e. The average molecular weight is 338 g/mol. The van der Waals surface area contributed by atoms with Crippen molar-refractivity contribution in [2.24, 2.45) is 0 Å². The highest BCUT2D eigenvalue weighted by molar-refractivity contribution is 5.85. The maximum absolute atomic E-state index is 5.57. The van der Waals surface area contributed by atoms with E-state index < -0.39 is 0 Å². The number of benzene rings is 1. The predicted molar refractivity (Wildman–Crippen MR) is 98.8 cm³/mol. The van der Waals surface area contributed by atoms with E-state index in [9.17, 15) is 0 Å². The van der Waals surface area contributed by atoms with Crippen LogP contribution >= 0.6 is 12.4 Å². The van der Waals surface area contributed by atoms with Crippen LogP contribution in [0.25, 0.3) is 0 Å². The zero-order valence-corrected chi connectivity index (χ0v) is 14.8. The van der Waals surface area contributed by atoms with Gasteiger partial charge in [0.15, 0.2) is 11.5 Å². The summed E-state index contributed by atoms with van der Waals surface area (Å²) in [7, 11) is 1.67. The van der Waals surface area contributed by atoms with Gasteiger partial charge in [-0.3, -0.25) is 0 Å². The minimum Gasteiger partial charge on any atom is -0.493 e. The lowest BCUT2D eigenvalue weighted by molar-refractivity contribution is 0.326. The highest BCUT2D eigenvalue weighted by atomic mass is 35.5. The van der Waals surface area contributed by atoms with Gasteiger partial charge >= 0.3 is 0 Å². The van der Waals surface area contributed by atoms with Gasteiger partial charge in [-0.15, -0.1) is 12.4 Å². The summed E-state index contributed by atoms with van der Waals surface area (Å²) in [5.74, 6) is 1.54. The van der Waals surface area contributed by atoms with Crippen molar-refractivity contribution in [3.63, 3.8) is 0 Å². The fourth-order valence-electron chi connectivity index (χ4n) is 2.70. The zero-order valence-electron chi connectivity index (χ0n) is 14.0. The molecule has 23 heavy (non-hydrogen) atoms. The van der Waals surface area contributed by atoms with Gasteiger partial charge in [0.2, 0.25) is 0 Å². The summed E-state index contributed by atoms with van der Waals surface area (Å²) in [6.07, 6.45) is 10.6. The Balaban J connectivity index is 0.00000264. The van der Waals surface area contributed by atoms with Crippen molar-refractivity contribution in [2.45, 2.75) is 38.6 Å². The lowest BCUT2D eigenvalue weighted by atomic mass is 9.97. The van der Waals surface area contributed by atoms with Crippen LogP contribution in [0.3, 0.4) is 0 Å². The summed E-state index contributed by atoms with van der Waals surface area (Å²) < 4.78 is 11.0. The Bertz CT molecular complexity index is 514. The van der Waals surface area contributed by atoms with Crippen LogP contribution < -0.4 is 14.8 Å². The molecule has 1 aliphatic rings. The van der Waals surface area contributed by atoms with Gasteiger partial charge in [0, 0.05) is 6.54 Å². The third-order valence-corrected chi connectivity index (χ3v) is 3.92. The van der Waals surface area contributed by atoms with E-state index in [1.807, 2.05) is 12.1 Å². The van der Waals surface area contributed by atoms with E-state index in [2.05, 4.69) is 24.0 Å². The molecule has 1 N–H and O–H groups in total. The first kappa shape index (κ1) is 19.6. The number of allylic oxidation sites excluding steroid dienone is 1. The molecule has 0 saturated heterocycles. The van der Waals surface area contributed by atoms with E-state index in [1.165, 1.54) is 31.2 Å². The Morgan fingerprint density at radius 1 is 1.26 bits per heavy atom. The van der Waals surface area contributed by atoms with Crippen molar-refractivity contribution >= 4 is 12.4 Å². The van der Waals surface area contributed by atoms with Crippen LogP contribution in [0.4, 0.5) is 0 Å². The molecule has 0 aromatic heterocycles. The summed E-state index contributed by atoms with van der Waals surface area (Å²) in [5, 5.41) is 3.51. The second-order valence-corrected chi connectivity index (χ2v) is 5.62. The molecule has 0 saturated carbocycles. The Hall–Kier alpha value is -1.45. The minimum absolute atomic E-state index is 0. The zero-order chi connectivity index (χ0) is 15.6. The normalized spacial score (nSPS) is 13.7. The molecule has 0 aliphatic heterocycles. The van der Waals surface area contributed by atoms with E-state index in [-0.39, 0.29) is 12.4 Å². The average Bonchev–Trinajstić information content (AvgIpc) is 2.58. The number of ether oxygens (including phenoxy) is 2. The van der Waals surface area contributed by atoms with E-state index in [4.69, 9.17) is 9.47 Å². The molecule has 4 heteroatoms. The lowest BCUT2D eigenvalue weighted by Crippen LogP contribution is -2.15. The second kappa shape index (κ2) is 11.1. The standard InChI is InChI=1S/C19H27NO2.ClH/c1-3-13-22-18-10-9-17(14-19(18)21-2)15-20-12-11-16-7-5-4-6-8-16;/h3,7,9-10,14,20H,1,4-6,8,11-13,15H2,2H3;1H. The number of rotatable bonds is 9. The Labute approximate surface area is 146 Å².